The third-order valence-corrected chi connectivity index (χ3v) is 2.87. The van der Waals surface area contributed by atoms with E-state index >= 15 is 0 Å². The molecule has 0 aliphatic rings. The molecule has 0 aliphatic heterocycles. The Hall–Kier alpha value is -1.25. The summed E-state index contributed by atoms with van der Waals surface area (Å²) in [6.07, 6.45) is 6.18. The van der Waals surface area contributed by atoms with Gasteiger partial charge in [0.15, 0.2) is 0 Å². The van der Waals surface area contributed by atoms with Crippen LogP contribution in [-0.2, 0) is 0 Å². The zero-order valence-electron chi connectivity index (χ0n) is 10.6. The SMILES string of the molecule is CCNc1cncc(NCC(CC)CC)c1. The van der Waals surface area contributed by atoms with Crippen molar-refractivity contribution in [1.82, 2.24) is 4.98 Å². The molecule has 0 spiro atoms. The molecule has 0 bridgehead atoms. The average Bonchev–Trinajstić information content (AvgIpc) is 2.31. The van der Waals surface area contributed by atoms with Gasteiger partial charge in [0.25, 0.3) is 0 Å². The number of pyridine rings is 1. The fraction of sp³-hybridized carbons (Fsp3) is 0.615. The average molecular weight is 221 g/mol. The van der Waals surface area contributed by atoms with Crippen molar-refractivity contribution in [2.75, 3.05) is 23.7 Å². The molecule has 16 heavy (non-hydrogen) atoms. The van der Waals surface area contributed by atoms with Crippen molar-refractivity contribution in [2.24, 2.45) is 5.92 Å². The van der Waals surface area contributed by atoms with Crippen LogP contribution in [0.1, 0.15) is 33.6 Å². The highest BCUT2D eigenvalue weighted by atomic mass is 14.9. The maximum absolute atomic E-state index is 4.21. The highest BCUT2D eigenvalue weighted by Crippen LogP contribution is 2.14. The molecule has 0 atom stereocenters. The van der Waals surface area contributed by atoms with E-state index < -0.39 is 0 Å². The second kappa shape index (κ2) is 7.09. The van der Waals surface area contributed by atoms with E-state index in [0.29, 0.717) is 0 Å². The predicted molar refractivity (Wildman–Crippen MR) is 71.0 cm³/mol. The summed E-state index contributed by atoms with van der Waals surface area (Å²) < 4.78 is 0. The second-order valence-electron chi connectivity index (χ2n) is 4.06. The Bertz CT molecular complexity index is 295. The fourth-order valence-corrected chi connectivity index (χ4v) is 1.68. The van der Waals surface area contributed by atoms with Crippen LogP contribution in [0.3, 0.4) is 0 Å². The molecular formula is C13H23N3. The van der Waals surface area contributed by atoms with Crippen LogP contribution in [0.4, 0.5) is 11.4 Å². The summed E-state index contributed by atoms with van der Waals surface area (Å²) in [4.78, 5) is 4.21. The van der Waals surface area contributed by atoms with Gasteiger partial charge in [0, 0.05) is 13.1 Å². The van der Waals surface area contributed by atoms with Crippen molar-refractivity contribution in [3.05, 3.63) is 18.5 Å². The van der Waals surface area contributed by atoms with Crippen LogP contribution in [0, 0.1) is 5.92 Å². The number of hydrogen-bond acceptors (Lipinski definition) is 3. The van der Waals surface area contributed by atoms with Crippen LogP contribution in [0.25, 0.3) is 0 Å². The smallest absolute Gasteiger partial charge is 0.0547 e. The maximum atomic E-state index is 4.21. The topological polar surface area (TPSA) is 37.0 Å². The van der Waals surface area contributed by atoms with Crippen LogP contribution in [0.15, 0.2) is 18.5 Å². The summed E-state index contributed by atoms with van der Waals surface area (Å²) in [6.45, 7) is 8.53. The Morgan fingerprint density at radius 1 is 1.06 bits per heavy atom. The van der Waals surface area contributed by atoms with Crippen LogP contribution < -0.4 is 10.6 Å². The van der Waals surface area contributed by atoms with E-state index in [4.69, 9.17) is 0 Å². The second-order valence-corrected chi connectivity index (χ2v) is 4.06. The van der Waals surface area contributed by atoms with Crippen molar-refractivity contribution in [2.45, 2.75) is 33.6 Å². The molecule has 0 amide bonds. The predicted octanol–water partition coefficient (Wildman–Crippen LogP) is 3.36. The molecule has 1 heterocycles. The molecular weight excluding hydrogens is 198 g/mol. The number of aromatic nitrogens is 1. The van der Waals surface area contributed by atoms with E-state index in [1.54, 1.807) is 0 Å². The van der Waals surface area contributed by atoms with Crippen molar-refractivity contribution in [3.63, 3.8) is 0 Å². The summed E-state index contributed by atoms with van der Waals surface area (Å²) >= 11 is 0. The van der Waals surface area contributed by atoms with Crippen molar-refractivity contribution in [3.8, 4) is 0 Å². The number of nitrogens with one attached hydrogen (secondary N) is 2. The van der Waals surface area contributed by atoms with Crippen molar-refractivity contribution in [1.29, 1.82) is 0 Å². The number of anilines is 2. The first-order valence-corrected chi connectivity index (χ1v) is 6.22. The monoisotopic (exact) mass is 221 g/mol. The Balaban J connectivity index is 2.49. The minimum Gasteiger partial charge on any atom is -0.384 e. The van der Waals surface area contributed by atoms with E-state index in [9.17, 15) is 0 Å². The summed E-state index contributed by atoms with van der Waals surface area (Å²) in [5.41, 5.74) is 2.18. The van der Waals surface area contributed by atoms with Gasteiger partial charge in [-0.15, -0.1) is 0 Å². The Morgan fingerprint density at radius 2 is 1.69 bits per heavy atom. The zero-order chi connectivity index (χ0) is 11.8. The van der Waals surface area contributed by atoms with Crippen LogP contribution >= 0.6 is 0 Å². The molecule has 2 N–H and O–H groups in total. The molecule has 0 aromatic carbocycles. The van der Waals surface area contributed by atoms with Gasteiger partial charge < -0.3 is 10.6 Å². The lowest BCUT2D eigenvalue weighted by Gasteiger charge is -2.14. The normalized spacial score (nSPS) is 10.5. The molecule has 1 rings (SSSR count). The minimum absolute atomic E-state index is 0.753. The van der Waals surface area contributed by atoms with E-state index in [1.807, 2.05) is 12.4 Å². The largest absolute Gasteiger partial charge is 0.384 e. The Labute approximate surface area is 98.7 Å². The summed E-state index contributed by atoms with van der Waals surface area (Å²) in [6, 6.07) is 2.11. The van der Waals surface area contributed by atoms with Crippen LogP contribution in [-0.4, -0.2) is 18.1 Å². The molecule has 0 radical (unpaired) electrons. The van der Waals surface area contributed by atoms with Gasteiger partial charge in [-0.05, 0) is 18.9 Å². The Morgan fingerprint density at radius 3 is 2.25 bits per heavy atom. The number of hydrogen-bond donors (Lipinski definition) is 2. The molecule has 1 aromatic rings. The third kappa shape index (κ3) is 4.09. The summed E-state index contributed by atoms with van der Waals surface area (Å²) in [7, 11) is 0. The molecule has 0 fully saturated rings. The van der Waals surface area contributed by atoms with Crippen LogP contribution in [0.2, 0.25) is 0 Å². The molecule has 0 aliphatic carbocycles. The van der Waals surface area contributed by atoms with Gasteiger partial charge in [-0.1, -0.05) is 26.7 Å². The number of rotatable bonds is 7. The molecule has 0 unspecified atom stereocenters. The molecule has 1 aromatic heterocycles. The molecule has 3 nitrogen and oxygen atoms in total. The first kappa shape index (κ1) is 12.8. The van der Waals surface area contributed by atoms with Gasteiger partial charge in [-0.25, -0.2) is 0 Å². The fourth-order valence-electron chi connectivity index (χ4n) is 1.68. The standard InChI is InChI=1S/C13H23N3/c1-4-11(5-2)8-16-13-7-12(15-6-3)9-14-10-13/h7,9-11,15-16H,4-6,8H2,1-3H3. The van der Waals surface area contributed by atoms with Gasteiger partial charge in [0.1, 0.15) is 0 Å². The highest BCUT2D eigenvalue weighted by Gasteiger charge is 2.03. The first-order valence-electron chi connectivity index (χ1n) is 6.22. The van der Waals surface area contributed by atoms with E-state index in [-0.39, 0.29) is 0 Å². The third-order valence-electron chi connectivity index (χ3n) is 2.87. The molecule has 0 saturated heterocycles. The van der Waals surface area contributed by atoms with E-state index in [2.05, 4.69) is 42.5 Å². The van der Waals surface area contributed by atoms with Crippen molar-refractivity contribution < 1.29 is 0 Å². The lowest BCUT2D eigenvalue weighted by Crippen LogP contribution is -2.13. The van der Waals surface area contributed by atoms with E-state index in [1.165, 1.54) is 12.8 Å². The van der Waals surface area contributed by atoms with Gasteiger partial charge >= 0.3 is 0 Å². The highest BCUT2D eigenvalue weighted by molar-refractivity contribution is 5.53. The first-order chi connectivity index (χ1) is 7.80. The lowest BCUT2D eigenvalue weighted by molar-refractivity contribution is 0.519. The molecule has 90 valence electrons. The van der Waals surface area contributed by atoms with E-state index in [0.717, 1.165) is 30.4 Å². The molecule has 0 saturated carbocycles. The van der Waals surface area contributed by atoms with Gasteiger partial charge in [0.2, 0.25) is 0 Å². The minimum atomic E-state index is 0.753. The summed E-state index contributed by atoms with van der Waals surface area (Å²) in [5, 5.41) is 6.70. The lowest BCUT2D eigenvalue weighted by atomic mass is 10.0. The maximum Gasteiger partial charge on any atom is 0.0547 e. The van der Waals surface area contributed by atoms with Gasteiger partial charge in [0.05, 0.1) is 23.8 Å². The van der Waals surface area contributed by atoms with Crippen molar-refractivity contribution >= 4 is 11.4 Å². The number of nitrogens with zero attached hydrogens (tertiary/aromatic N) is 1. The zero-order valence-corrected chi connectivity index (χ0v) is 10.6. The van der Waals surface area contributed by atoms with Crippen LogP contribution in [0.5, 0.6) is 0 Å². The quantitative estimate of drug-likeness (QED) is 0.741. The van der Waals surface area contributed by atoms with Gasteiger partial charge in [-0.3, -0.25) is 4.98 Å². The summed E-state index contributed by atoms with van der Waals surface area (Å²) in [5.74, 6) is 0.753. The Kier molecular flexibility index (Phi) is 5.68. The van der Waals surface area contributed by atoms with Gasteiger partial charge in [-0.2, -0.15) is 0 Å². The molecule has 3 heteroatoms.